The minimum absolute atomic E-state index is 0.0977. The van der Waals surface area contributed by atoms with Crippen molar-refractivity contribution in [2.24, 2.45) is 11.7 Å². The van der Waals surface area contributed by atoms with Gasteiger partial charge in [-0.1, -0.05) is 11.6 Å². The summed E-state index contributed by atoms with van der Waals surface area (Å²) in [5.41, 5.74) is 5.88. The molecule has 1 aliphatic heterocycles. The predicted octanol–water partition coefficient (Wildman–Crippen LogP) is 2.83. The fourth-order valence-electron chi connectivity index (χ4n) is 2.42. The third-order valence-corrected chi connectivity index (χ3v) is 4.94. The molecule has 2 atom stereocenters. The van der Waals surface area contributed by atoms with Gasteiger partial charge in [0, 0.05) is 22.6 Å². The summed E-state index contributed by atoms with van der Waals surface area (Å²) in [6, 6.07) is 5.20. The molecule has 0 aliphatic carbocycles. The highest BCUT2D eigenvalue weighted by atomic mass is 79.9. The predicted molar refractivity (Wildman–Crippen MR) is 81.6 cm³/mol. The molecule has 1 aromatic carbocycles. The summed E-state index contributed by atoms with van der Waals surface area (Å²) in [5, 5.41) is 0.493. The maximum Gasteiger partial charge on any atom is 0.254 e. The molecular formula is C14H16BrClN2O2. The van der Waals surface area contributed by atoms with Crippen molar-refractivity contribution in [1.82, 2.24) is 4.90 Å². The Morgan fingerprint density at radius 1 is 1.40 bits per heavy atom. The quantitative estimate of drug-likeness (QED) is 0.882. The molecule has 2 unspecified atom stereocenters. The molecule has 1 heterocycles. The lowest BCUT2D eigenvalue weighted by Gasteiger charge is -2.37. The summed E-state index contributed by atoms with van der Waals surface area (Å²) in [7, 11) is 0. The Morgan fingerprint density at radius 2 is 2.10 bits per heavy atom. The van der Waals surface area contributed by atoms with Crippen molar-refractivity contribution >= 4 is 39.3 Å². The minimum Gasteiger partial charge on any atom is -0.369 e. The maximum absolute atomic E-state index is 12.5. The van der Waals surface area contributed by atoms with Crippen LogP contribution in [0.25, 0.3) is 0 Å². The van der Waals surface area contributed by atoms with E-state index in [2.05, 4.69) is 15.9 Å². The molecule has 0 aromatic heterocycles. The molecule has 1 saturated heterocycles. The molecule has 0 saturated carbocycles. The number of likely N-dealkylation sites (tertiary alicyclic amines) is 1. The highest BCUT2D eigenvalue weighted by Gasteiger charge is 2.32. The van der Waals surface area contributed by atoms with Crippen LogP contribution in [0, 0.1) is 5.92 Å². The number of primary amides is 1. The summed E-state index contributed by atoms with van der Waals surface area (Å²) >= 11 is 9.32. The van der Waals surface area contributed by atoms with E-state index in [0.29, 0.717) is 17.1 Å². The normalized spacial score (nSPS) is 22.6. The van der Waals surface area contributed by atoms with Crippen LogP contribution in [0.2, 0.25) is 5.02 Å². The molecule has 1 aliphatic rings. The van der Waals surface area contributed by atoms with E-state index >= 15 is 0 Å². The van der Waals surface area contributed by atoms with Crippen molar-refractivity contribution in [3.8, 4) is 0 Å². The second kappa shape index (κ2) is 6.14. The molecule has 2 N–H and O–H groups in total. The average Bonchev–Trinajstić information content (AvgIpc) is 2.41. The van der Waals surface area contributed by atoms with Crippen molar-refractivity contribution in [3.05, 3.63) is 33.3 Å². The van der Waals surface area contributed by atoms with Crippen molar-refractivity contribution in [1.29, 1.82) is 0 Å². The first-order valence-corrected chi connectivity index (χ1v) is 7.62. The number of amides is 2. The van der Waals surface area contributed by atoms with Gasteiger partial charge in [-0.25, -0.2) is 0 Å². The smallest absolute Gasteiger partial charge is 0.254 e. The van der Waals surface area contributed by atoms with Gasteiger partial charge in [-0.3, -0.25) is 9.59 Å². The van der Waals surface area contributed by atoms with Gasteiger partial charge in [0.05, 0.1) is 10.9 Å². The monoisotopic (exact) mass is 358 g/mol. The average molecular weight is 360 g/mol. The lowest BCUT2D eigenvalue weighted by atomic mass is 9.92. The number of nitrogens with two attached hydrogens (primary N) is 1. The number of halogens is 2. The zero-order valence-electron chi connectivity index (χ0n) is 11.1. The Bertz CT molecular complexity index is 550. The van der Waals surface area contributed by atoms with Crippen LogP contribution >= 0.6 is 27.5 Å². The van der Waals surface area contributed by atoms with Gasteiger partial charge >= 0.3 is 0 Å². The highest BCUT2D eigenvalue weighted by Crippen LogP contribution is 2.27. The SMILES string of the molecule is CC1CCC(C(N)=O)CN1C(=O)c1ccc(Br)c(Cl)c1. The van der Waals surface area contributed by atoms with Gasteiger partial charge in [-0.05, 0) is 53.9 Å². The Labute approximate surface area is 131 Å². The zero-order chi connectivity index (χ0) is 14.9. The molecule has 20 heavy (non-hydrogen) atoms. The molecule has 0 spiro atoms. The minimum atomic E-state index is -0.344. The van der Waals surface area contributed by atoms with E-state index in [9.17, 15) is 9.59 Å². The van der Waals surface area contributed by atoms with Crippen LogP contribution in [0.1, 0.15) is 30.1 Å². The number of rotatable bonds is 2. The van der Waals surface area contributed by atoms with Crippen LogP contribution in [-0.2, 0) is 4.79 Å². The van der Waals surface area contributed by atoms with Gasteiger partial charge in [0.25, 0.3) is 5.91 Å². The van der Waals surface area contributed by atoms with Gasteiger partial charge in [0.1, 0.15) is 0 Å². The second-order valence-corrected chi connectivity index (χ2v) is 6.37. The highest BCUT2D eigenvalue weighted by molar-refractivity contribution is 9.10. The van der Waals surface area contributed by atoms with Gasteiger partial charge in [-0.2, -0.15) is 0 Å². The first kappa shape index (κ1) is 15.3. The Morgan fingerprint density at radius 3 is 2.70 bits per heavy atom. The summed E-state index contributed by atoms with van der Waals surface area (Å²) < 4.78 is 0.748. The van der Waals surface area contributed by atoms with Gasteiger partial charge in [-0.15, -0.1) is 0 Å². The number of piperidine rings is 1. The van der Waals surface area contributed by atoms with Gasteiger partial charge < -0.3 is 10.6 Å². The van der Waals surface area contributed by atoms with Crippen LogP contribution < -0.4 is 5.73 Å². The fourth-order valence-corrected chi connectivity index (χ4v) is 2.84. The van der Waals surface area contributed by atoms with Crippen molar-refractivity contribution < 1.29 is 9.59 Å². The van der Waals surface area contributed by atoms with Crippen LogP contribution in [-0.4, -0.2) is 29.3 Å². The number of hydrogen-bond acceptors (Lipinski definition) is 2. The van der Waals surface area contributed by atoms with Crippen molar-refractivity contribution in [3.63, 3.8) is 0 Å². The van der Waals surface area contributed by atoms with Crippen LogP contribution in [0.3, 0.4) is 0 Å². The van der Waals surface area contributed by atoms with Gasteiger partial charge in [0.15, 0.2) is 0 Å². The molecule has 0 radical (unpaired) electrons. The maximum atomic E-state index is 12.5. The number of nitrogens with zero attached hydrogens (tertiary/aromatic N) is 1. The Balaban J connectivity index is 2.21. The van der Waals surface area contributed by atoms with E-state index in [-0.39, 0.29) is 23.8 Å². The van der Waals surface area contributed by atoms with Gasteiger partial charge in [0.2, 0.25) is 5.91 Å². The van der Waals surface area contributed by atoms with E-state index in [0.717, 1.165) is 17.3 Å². The molecule has 6 heteroatoms. The molecule has 4 nitrogen and oxygen atoms in total. The Kier molecular flexibility index (Phi) is 4.70. The third-order valence-electron chi connectivity index (χ3n) is 3.71. The number of benzene rings is 1. The van der Waals surface area contributed by atoms with Crippen LogP contribution in [0.15, 0.2) is 22.7 Å². The summed E-state index contributed by atoms with van der Waals surface area (Å²) in [6.07, 6.45) is 1.52. The van der Waals surface area contributed by atoms with E-state index in [1.165, 1.54) is 0 Å². The summed E-state index contributed by atoms with van der Waals surface area (Å²) in [5.74, 6) is -0.720. The fraction of sp³-hybridized carbons (Fsp3) is 0.429. The Hall–Kier alpha value is -1.07. The summed E-state index contributed by atoms with van der Waals surface area (Å²) in [6.45, 7) is 2.36. The lowest BCUT2D eigenvalue weighted by molar-refractivity contribution is -0.123. The van der Waals surface area contributed by atoms with E-state index in [1.807, 2.05) is 6.92 Å². The van der Waals surface area contributed by atoms with Crippen LogP contribution in [0.4, 0.5) is 0 Å². The topological polar surface area (TPSA) is 63.4 Å². The van der Waals surface area contributed by atoms with Crippen LogP contribution in [0.5, 0.6) is 0 Å². The molecule has 2 amide bonds. The summed E-state index contributed by atoms with van der Waals surface area (Å²) in [4.78, 5) is 25.6. The standard InChI is InChI=1S/C14H16BrClN2O2/c1-8-2-3-10(13(17)19)7-18(8)14(20)9-4-5-11(15)12(16)6-9/h4-6,8,10H,2-3,7H2,1H3,(H2,17,19). The largest absolute Gasteiger partial charge is 0.369 e. The zero-order valence-corrected chi connectivity index (χ0v) is 13.4. The molecule has 108 valence electrons. The second-order valence-electron chi connectivity index (χ2n) is 5.11. The lowest BCUT2D eigenvalue weighted by Crippen LogP contribution is -2.48. The first-order chi connectivity index (χ1) is 9.40. The van der Waals surface area contributed by atoms with Crippen molar-refractivity contribution in [2.75, 3.05) is 6.54 Å². The molecular weight excluding hydrogens is 344 g/mol. The van der Waals surface area contributed by atoms with E-state index in [4.69, 9.17) is 17.3 Å². The molecule has 0 bridgehead atoms. The molecule has 2 rings (SSSR count). The van der Waals surface area contributed by atoms with Crippen molar-refractivity contribution in [2.45, 2.75) is 25.8 Å². The molecule has 1 fully saturated rings. The third kappa shape index (κ3) is 3.15. The first-order valence-electron chi connectivity index (χ1n) is 6.45. The van der Waals surface area contributed by atoms with E-state index < -0.39 is 0 Å². The number of carbonyl (C=O) groups is 2. The number of carbonyl (C=O) groups excluding carboxylic acids is 2. The van der Waals surface area contributed by atoms with E-state index in [1.54, 1.807) is 23.1 Å². The molecule has 1 aromatic rings. The number of hydrogen-bond donors (Lipinski definition) is 1.